The summed E-state index contributed by atoms with van der Waals surface area (Å²) < 4.78 is 5.34. The number of halogens is 2. The number of nitrogens with one attached hydrogen (secondary N) is 1. The highest BCUT2D eigenvalue weighted by atomic mass is 35.5. The minimum absolute atomic E-state index is 0.170. The van der Waals surface area contributed by atoms with Gasteiger partial charge in [-0.3, -0.25) is 4.79 Å². The first-order valence-electron chi connectivity index (χ1n) is 7.48. The summed E-state index contributed by atoms with van der Waals surface area (Å²) in [4.78, 5) is 11.8. The highest BCUT2D eigenvalue weighted by Crippen LogP contribution is 2.27. The monoisotopic (exact) mass is 364 g/mol. The lowest BCUT2D eigenvalue weighted by molar-refractivity contribution is -0.123. The molecule has 2 aromatic rings. The van der Waals surface area contributed by atoms with E-state index in [0.717, 1.165) is 18.6 Å². The van der Waals surface area contributed by atoms with Gasteiger partial charge in [-0.05, 0) is 43.5 Å². The molecule has 0 aromatic heterocycles. The number of carbonyl (C=O) groups excluding carboxylic acids is 1. The highest BCUT2D eigenvalue weighted by Gasteiger charge is 2.06. The van der Waals surface area contributed by atoms with Crippen LogP contribution < -0.4 is 10.2 Å². The molecule has 2 rings (SSSR count). The molecule has 0 spiro atoms. The van der Waals surface area contributed by atoms with E-state index < -0.39 is 0 Å². The number of nitrogens with zero attached hydrogens (tertiary/aromatic N) is 1. The second-order valence-electron chi connectivity index (χ2n) is 5.23. The van der Waals surface area contributed by atoms with E-state index in [1.54, 1.807) is 18.2 Å². The van der Waals surface area contributed by atoms with Gasteiger partial charge in [0, 0.05) is 10.7 Å². The quantitative estimate of drug-likeness (QED) is 0.580. The largest absolute Gasteiger partial charge is 0.482 e. The van der Waals surface area contributed by atoms with Crippen molar-refractivity contribution in [3.63, 3.8) is 0 Å². The molecule has 0 atom stereocenters. The minimum Gasteiger partial charge on any atom is -0.482 e. The molecule has 0 heterocycles. The maximum Gasteiger partial charge on any atom is 0.277 e. The number of benzene rings is 2. The Balaban J connectivity index is 1.75. The number of rotatable bonds is 7. The number of hydrazone groups is 1. The van der Waals surface area contributed by atoms with Crippen LogP contribution in [0.4, 0.5) is 0 Å². The Morgan fingerprint density at radius 2 is 1.92 bits per heavy atom. The second kappa shape index (κ2) is 9.30. The van der Waals surface area contributed by atoms with E-state index >= 15 is 0 Å². The van der Waals surface area contributed by atoms with Crippen molar-refractivity contribution in [2.45, 2.75) is 19.8 Å². The van der Waals surface area contributed by atoms with Gasteiger partial charge in [0.1, 0.15) is 5.75 Å². The van der Waals surface area contributed by atoms with Gasteiger partial charge >= 0.3 is 0 Å². The summed E-state index contributed by atoms with van der Waals surface area (Å²) in [6, 6.07) is 14.9. The molecule has 126 valence electrons. The molecule has 4 nitrogen and oxygen atoms in total. The third-order valence-corrected chi connectivity index (χ3v) is 3.77. The van der Waals surface area contributed by atoms with Crippen LogP contribution in [0.1, 0.15) is 18.9 Å². The Hall–Kier alpha value is -2.04. The van der Waals surface area contributed by atoms with Crippen molar-refractivity contribution in [3.05, 3.63) is 64.1 Å². The number of carbonyl (C=O) groups is 1. The summed E-state index contributed by atoms with van der Waals surface area (Å²) in [6.07, 6.45) is 1.65. The number of aryl methyl sites for hydroxylation is 1. The van der Waals surface area contributed by atoms with Crippen molar-refractivity contribution < 1.29 is 9.53 Å². The zero-order chi connectivity index (χ0) is 17.4. The highest BCUT2D eigenvalue weighted by molar-refractivity contribution is 6.35. The van der Waals surface area contributed by atoms with Crippen molar-refractivity contribution in [1.82, 2.24) is 5.43 Å². The molecule has 1 N–H and O–H groups in total. The molecule has 0 aliphatic heterocycles. The van der Waals surface area contributed by atoms with E-state index in [2.05, 4.69) is 22.7 Å². The smallest absolute Gasteiger partial charge is 0.277 e. The van der Waals surface area contributed by atoms with E-state index in [1.807, 2.05) is 25.1 Å². The standard InChI is InChI=1S/C18H18Cl2N2O2/c1-13(7-8-14-5-3-2-4-6-14)21-22-18(23)12-24-17-10-9-15(19)11-16(17)20/h2-6,9-11H,7-8,12H2,1H3,(H,22,23)/b21-13-. The molecule has 0 fully saturated rings. The van der Waals surface area contributed by atoms with E-state index in [1.165, 1.54) is 5.56 Å². The van der Waals surface area contributed by atoms with E-state index in [4.69, 9.17) is 27.9 Å². The second-order valence-corrected chi connectivity index (χ2v) is 6.07. The Labute approximate surface area is 151 Å². The van der Waals surface area contributed by atoms with Gasteiger partial charge in [0.25, 0.3) is 5.91 Å². The van der Waals surface area contributed by atoms with Crippen LogP contribution in [-0.4, -0.2) is 18.2 Å². The van der Waals surface area contributed by atoms with Gasteiger partial charge in [0.15, 0.2) is 6.61 Å². The first-order valence-corrected chi connectivity index (χ1v) is 8.24. The first-order chi connectivity index (χ1) is 11.5. The fourth-order valence-electron chi connectivity index (χ4n) is 1.95. The van der Waals surface area contributed by atoms with Gasteiger partial charge in [-0.1, -0.05) is 53.5 Å². The first kappa shape index (κ1) is 18.3. The average molecular weight is 365 g/mol. The molecule has 0 radical (unpaired) electrons. The predicted molar refractivity (Wildman–Crippen MR) is 98.0 cm³/mol. The van der Waals surface area contributed by atoms with Crippen molar-refractivity contribution in [2.24, 2.45) is 5.10 Å². The predicted octanol–water partition coefficient (Wildman–Crippen LogP) is 4.50. The molecule has 0 aliphatic carbocycles. The molecule has 1 amide bonds. The van der Waals surface area contributed by atoms with Gasteiger partial charge in [-0.2, -0.15) is 5.10 Å². The number of hydrogen-bond donors (Lipinski definition) is 1. The van der Waals surface area contributed by atoms with Crippen LogP contribution in [0.15, 0.2) is 53.6 Å². The van der Waals surface area contributed by atoms with E-state index in [9.17, 15) is 4.79 Å². The van der Waals surface area contributed by atoms with Gasteiger partial charge in [-0.25, -0.2) is 5.43 Å². The maximum absolute atomic E-state index is 11.8. The van der Waals surface area contributed by atoms with Crippen LogP contribution in [0.3, 0.4) is 0 Å². The summed E-state index contributed by atoms with van der Waals surface area (Å²) in [7, 11) is 0. The Morgan fingerprint density at radius 3 is 2.62 bits per heavy atom. The molecule has 0 bridgehead atoms. The molecule has 0 saturated heterocycles. The van der Waals surface area contributed by atoms with Crippen molar-refractivity contribution in [2.75, 3.05) is 6.61 Å². The zero-order valence-corrected chi connectivity index (χ0v) is 14.8. The van der Waals surface area contributed by atoms with Crippen molar-refractivity contribution in [1.29, 1.82) is 0 Å². The van der Waals surface area contributed by atoms with Crippen LogP contribution in [0.5, 0.6) is 5.75 Å². The summed E-state index contributed by atoms with van der Waals surface area (Å²) in [5.74, 6) is 0.0565. The Kier molecular flexibility index (Phi) is 7.09. The fourth-order valence-corrected chi connectivity index (χ4v) is 2.41. The zero-order valence-electron chi connectivity index (χ0n) is 13.3. The van der Waals surface area contributed by atoms with Crippen LogP contribution in [-0.2, 0) is 11.2 Å². The molecule has 24 heavy (non-hydrogen) atoms. The van der Waals surface area contributed by atoms with Crippen molar-refractivity contribution >= 4 is 34.8 Å². The molecule has 0 unspecified atom stereocenters. The van der Waals surface area contributed by atoms with Gasteiger partial charge in [-0.15, -0.1) is 0 Å². The summed E-state index contributed by atoms with van der Waals surface area (Å²) in [5.41, 5.74) is 4.55. The molecule has 0 aliphatic rings. The average Bonchev–Trinajstić information content (AvgIpc) is 2.58. The van der Waals surface area contributed by atoms with E-state index in [-0.39, 0.29) is 12.5 Å². The van der Waals surface area contributed by atoms with Gasteiger partial charge < -0.3 is 4.74 Å². The van der Waals surface area contributed by atoms with Crippen LogP contribution in [0, 0.1) is 0 Å². The molecule has 2 aromatic carbocycles. The number of ether oxygens (including phenoxy) is 1. The minimum atomic E-state index is -0.347. The van der Waals surface area contributed by atoms with Crippen LogP contribution >= 0.6 is 23.2 Å². The maximum atomic E-state index is 11.8. The summed E-state index contributed by atoms with van der Waals surface area (Å²) in [6.45, 7) is 1.71. The molecule has 6 heteroatoms. The lowest BCUT2D eigenvalue weighted by atomic mass is 10.1. The Bertz CT molecular complexity index is 718. The normalized spacial score (nSPS) is 11.2. The topological polar surface area (TPSA) is 50.7 Å². The number of amides is 1. The SMILES string of the molecule is C/C(CCc1ccccc1)=N/NC(=O)COc1ccc(Cl)cc1Cl. The fraction of sp³-hybridized carbons (Fsp3) is 0.222. The number of hydrogen-bond acceptors (Lipinski definition) is 3. The van der Waals surface area contributed by atoms with Gasteiger partial charge in [0.05, 0.1) is 5.02 Å². The van der Waals surface area contributed by atoms with Gasteiger partial charge in [0.2, 0.25) is 0 Å². The van der Waals surface area contributed by atoms with Crippen molar-refractivity contribution in [3.8, 4) is 5.75 Å². The lowest BCUT2D eigenvalue weighted by Gasteiger charge is -2.07. The summed E-state index contributed by atoms with van der Waals surface area (Å²) in [5, 5.41) is 4.94. The van der Waals surface area contributed by atoms with Crippen LogP contribution in [0.2, 0.25) is 10.0 Å². The third kappa shape index (κ3) is 6.22. The molecular formula is C18H18Cl2N2O2. The third-order valence-electron chi connectivity index (χ3n) is 3.24. The summed E-state index contributed by atoms with van der Waals surface area (Å²) >= 11 is 11.8. The van der Waals surface area contributed by atoms with E-state index in [0.29, 0.717) is 15.8 Å². The lowest BCUT2D eigenvalue weighted by Crippen LogP contribution is -2.25. The molecule has 0 saturated carbocycles. The Morgan fingerprint density at radius 1 is 1.17 bits per heavy atom. The molecular weight excluding hydrogens is 347 g/mol. The van der Waals surface area contributed by atoms with Crippen LogP contribution in [0.25, 0.3) is 0 Å².